The lowest BCUT2D eigenvalue weighted by atomic mass is 9.73. The number of hydrogen-bond acceptors (Lipinski definition) is 3. The minimum Gasteiger partial charge on any atom is -0.359 e. The Morgan fingerprint density at radius 1 is 0.769 bits per heavy atom. The average molecular weight is 345 g/mol. The molecule has 2 bridgehead atoms. The van der Waals surface area contributed by atoms with Crippen molar-refractivity contribution in [3.05, 3.63) is 66.7 Å². The molecule has 0 radical (unpaired) electrons. The van der Waals surface area contributed by atoms with Crippen molar-refractivity contribution in [2.75, 3.05) is 4.90 Å². The summed E-state index contributed by atoms with van der Waals surface area (Å²) < 4.78 is 6.04. The summed E-state index contributed by atoms with van der Waals surface area (Å²) in [6.07, 6.45) is 3.86. The topological polar surface area (TPSA) is 46.6 Å². The van der Waals surface area contributed by atoms with E-state index in [4.69, 9.17) is 4.74 Å². The van der Waals surface area contributed by atoms with Gasteiger partial charge >= 0.3 is 0 Å². The summed E-state index contributed by atoms with van der Waals surface area (Å²) in [7, 11) is 0. The summed E-state index contributed by atoms with van der Waals surface area (Å²) in [5.74, 6) is -1.22. The van der Waals surface area contributed by atoms with E-state index in [0.29, 0.717) is 5.69 Å². The number of anilines is 1. The number of fused-ring (bicyclic) bond motifs is 5. The van der Waals surface area contributed by atoms with Crippen LogP contribution in [0.15, 0.2) is 66.7 Å². The molecule has 4 heteroatoms. The third kappa shape index (κ3) is 1.88. The first-order chi connectivity index (χ1) is 12.4. The van der Waals surface area contributed by atoms with Gasteiger partial charge in [0.05, 0.1) is 28.7 Å². The molecule has 0 aromatic heterocycles. The van der Waals surface area contributed by atoms with Gasteiger partial charge in [0.15, 0.2) is 0 Å². The Bertz CT molecular complexity index is 913. The lowest BCUT2D eigenvalue weighted by Gasteiger charge is -2.25. The largest absolute Gasteiger partial charge is 0.359 e. The molecule has 4 nitrogen and oxygen atoms in total. The highest BCUT2D eigenvalue weighted by Gasteiger charge is 2.70. The number of nitrogens with zero attached hydrogens (tertiary/aromatic N) is 1. The van der Waals surface area contributed by atoms with Crippen LogP contribution >= 0.6 is 0 Å². The lowest BCUT2D eigenvalue weighted by molar-refractivity contribution is -0.128. The molecule has 5 rings (SSSR count). The molecule has 3 heterocycles. The van der Waals surface area contributed by atoms with E-state index in [-0.39, 0.29) is 11.8 Å². The van der Waals surface area contributed by atoms with E-state index >= 15 is 0 Å². The molecule has 130 valence electrons. The molecule has 0 N–H and O–H groups in total. The molecule has 0 unspecified atom stereocenters. The summed E-state index contributed by atoms with van der Waals surface area (Å²) >= 11 is 0. The molecule has 2 saturated heterocycles. The van der Waals surface area contributed by atoms with Crippen LogP contribution in [-0.2, 0) is 14.3 Å². The molecule has 2 aromatic rings. The maximum Gasteiger partial charge on any atom is 0.241 e. The van der Waals surface area contributed by atoms with Crippen LogP contribution in [-0.4, -0.2) is 23.0 Å². The Morgan fingerprint density at radius 2 is 1.27 bits per heavy atom. The van der Waals surface area contributed by atoms with Crippen LogP contribution < -0.4 is 4.90 Å². The van der Waals surface area contributed by atoms with Gasteiger partial charge in [0, 0.05) is 0 Å². The molecule has 4 atom stereocenters. The summed E-state index contributed by atoms with van der Waals surface area (Å²) in [5.41, 5.74) is 1.40. The van der Waals surface area contributed by atoms with Gasteiger partial charge < -0.3 is 4.74 Å². The Hall–Kier alpha value is -2.72. The fourth-order valence-corrected chi connectivity index (χ4v) is 4.72. The second kappa shape index (κ2) is 4.92. The molecule has 0 spiro atoms. The van der Waals surface area contributed by atoms with Gasteiger partial charge in [0.25, 0.3) is 0 Å². The highest BCUT2D eigenvalue weighted by molar-refractivity contribution is 6.23. The number of benzene rings is 2. The van der Waals surface area contributed by atoms with Crippen LogP contribution in [0.3, 0.4) is 0 Å². The van der Waals surface area contributed by atoms with Gasteiger partial charge in [-0.15, -0.1) is 0 Å². The number of amides is 2. The van der Waals surface area contributed by atoms with E-state index in [1.54, 1.807) is 0 Å². The van der Waals surface area contributed by atoms with Crippen molar-refractivity contribution >= 4 is 17.5 Å². The second-order valence-electron chi connectivity index (χ2n) is 7.68. The number of ether oxygens (including phenoxy) is 1. The van der Waals surface area contributed by atoms with Crippen LogP contribution in [0, 0.1) is 11.8 Å². The van der Waals surface area contributed by atoms with Gasteiger partial charge in [0.2, 0.25) is 11.8 Å². The van der Waals surface area contributed by atoms with E-state index in [1.807, 2.05) is 80.6 Å². The van der Waals surface area contributed by atoms with Crippen LogP contribution in [0.4, 0.5) is 5.69 Å². The summed E-state index contributed by atoms with van der Waals surface area (Å²) in [4.78, 5) is 27.5. The van der Waals surface area contributed by atoms with Crippen molar-refractivity contribution in [3.63, 3.8) is 0 Å². The SMILES string of the molecule is C[C@]12C=C[C@](C)(O1)[C@@H]1C(=O)N(c3ccc(-c4ccccc4)cc3)C(=O)[C@H]12. The van der Waals surface area contributed by atoms with Crippen molar-refractivity contribution in [1.82, 2.24) is 0 Å². The minimum absolute atomic E-state index is 0.164. The van der Waals surface area contributed by atoms with Gasteiger partial charge in [-0.25, -0.2) is 4.90 Å². The number of carbonyl (C=O) groups is 2. The molecular formula is C22H19NO3. The van der Waals surface area contributed by atoms with E-state index in [0.717, 1.165) is 11.1 Å². The zero-order valence-electron chi connectivity index (χ0n) is 14.7. The predicted octanol–water partition coefficient (Wildman–Crippen LogP) is 3.58. The zero-order valence-corrected chi connectivity index (χ0v) is 14.7. The molecule has 0 saturated carbocycles. The first-order valence-corrected chi connectivity index (χ1v) is 8.87. The quantitative estimate of drug-likeness (QED) is 0.617. The van der Waals surface area contributed by atoms with Crippen molar-refractivity contribution in [2.45, 2.75) is 25.0 Å². The second-order valence-corrected chi connectivity index (χ2v) is 7.68. The maximum atomic E-state index is 13.1. The highest BCUT2D eigenvalue weighted by Crippen LogP contribution is 2.57. The first kappa shape index (κ1) is 15.5. The third-order valence-electron chi connectivity index (χ3n) is 5.96. The van der Waals surface area contributed by atoms with Crippen LogP contribution in [0.25, 0.3) is 11.1 Å². The normalized spacial score (nSPS) is 34.6. The van der Waals surface area contributed by atoms with Gasteiger partial charge in [-0.1, -0.05) is 54.6 Å². The summed E-state index contributed by atoms with van der Waals surface area (Å²) in [5, 5.41) is 0. The van der Waals surface area contributed by atoms with E-state index < -0.39 is 23.0 Å². The fourth-order valence-electron chi connectivity index (χ4n) is 4.72. The fraction of sp³-hybridized carbons (Fsp3) is 0.273. The number of rotatable bonds is 2. The van der Waals surface area contributed by atoms with Crippen molar-refractivity contribution < 1.29 is 14.3 Å². The molecule has 2 aromatic carbocycles. The molecule has 26 heavy (non-hydrogen) atoms. The van der Waals surface area contributed by atoms with Crippen LogP contribution in [0.1, 0.15) is 13.8 Å². The monoisotopic (exact) mass is 345 g/mol. The number of carbonyl (C=O) groups excluding carboxylic acids is 2. The average Bonchev–Trinajstić information content (AvgIpc) is 3.20. The first-order valence-electron chi connectivity index (χ1n) is 8.87. The summed E-state index contributed by atoms with van der Waals surface area (Å²) in [6.45, 7) is 3.79. The molecule has 2 amide bonds. The van der Waals surface area contributed by atoms with E-state index in [1.165, 1.54) is 4.90 Å². The Balaban J connectivity index is 1.51. The molecule has 2 fully saturated rings. The van der Waals surface area contributed by atoms with E-state index in [2.05, 4.69) is 0 Å². The molecule has 3 aliphatic heterocycles. The minimum atomic E-state index is -0.690. The predicted molar refractivity (Wildman–Crippen MR) is 98.4 cm³/mol. The standard InChI is InChI=1S/C22H19NO3/c1-21-12-13-22(2,26-21)18-17(21)19(24)23(20(18)25)16-10-8-15(9-11-16)14-6-4-3-5-7-14/h3-13,17-18H,1-2H3/t17-,18-,21-,22+/m0/s1. The smallest absolute Gasteiger partial charge is 0.241 e. The van der Waals surface area contributed by atoms with Crippen molar-refractivity contribution in [2.24, 2.45) is 11.8 Å². The van der Waals surface area contributed by atoms with E-state index in [9.17, 15) is 9.59 Å². The molecule has 3 aliphatic rings. The van der Waals surface area contributed by atoms with Gasteiger partial charge in [-0.2, -0.15) is 0 Å². The third-order valence-corrected chi connectivity index (χ3v) is 5.96. The van der Waals surface area contributed by atoms with Gasteiger partial charge in [0.1, 0.15) is 0 Å². The van der Waals surface area contributed by atoms with Crippen molar-refractivity contribution in [1.29, 1.82) is 0 Å². The van der Waals surface area contributed by atoms with Gasteiger partial charge in [-0.3, -0.25) is 9.59 Å². The molecular weight excluding hydrogens is 326 g/mol. The Kier molecular flexibility index (Phi) is 2.94. The molecule has 0 aliphatic carbocycles. The Morgan fingerprint density at radius 3 is 1.81 bits per heavy atom. The zero-order chi connectivity index (χ0) is 18.1. The van der Waals surface area contributed by atoms with Crippen molar-refractivity contribution in [3.8, 4) is 11.1 Å². The lowest BCUT2D eigenvalue weighted by Crippen LogP contribution is -2.39. The Labute approximate surface area is 152 Å². The van der Waals surface area contributed by atoms with Crippen LogP contribution in [0.5, 0.6) is 0 Å². The number of hydrogen-bond donors (Lipinski definition) is 0. The maximum absolute atomic E-state index is 13.1. The van der Waals surface area contributed by atoms with Crippen LogP contribution in [0.2, 0.25) is 0 Å². The highest BCUT2D eigenvalue weighted by atomic mass is 16.5. The van der Waals surface area contributed by atoms with Gasteiger partial charge in [-0.05, 0) is 37.1 Å². The summed E-state index contributed by atoms with van der Waals surface area (Å²) in [6, 6.07) is 17.6. The number of imide groups is 1.